The van der Waals surface area contributed by atoms with E-state index in [2.05, 4.69) is 36.5 Å². The second-order valence-corrected chi connectivity index (χ2v) is 4.24. The number of rotatable bonds is 6. The minimum atomic E-state index is -0.886. The number of hydrogen-bond donors (Lipinski definition) is 2. The quantitative estimate of drug-likeness (QED) is 0.584. The van der Waals surface area contributed by atoms with Crippen LogP contribution in [0.25, 0.3) is 0 Å². The van der Waals surface area contributed by atoms with Gasteiger partial charge in [0.1, 0.15) is 0 Å². The highest BCUT2D eigenvalue weighted by molar-refractivity contribution is 5.80. The molecule has 92 valence electrons. The zero-order valence-corrected chi connectivity index (χ0v) is 10.4. The number of nitrogens with one attached hydrogen (secondary N) is 1. The van der Waals surface area contributed by atoms with Gasteiger partial charge in [0.05, 0.1) is 0 Å². The van der Waals surface area contributed by atoms with Crippen LogP contribution in [0.4, 0.5) is 0 Å². The number of carboxylic acids is 1. The molecule has 0 heterocycles. The maximum atomic E-state index is 10.4. The second-order valence-electron chi connectivity index (χ2n) is 4.24. The number of carbonyl (C=O) groups is 1. The van der Waals surface area contributed by atoms with Gasteiger partial charge in [-0.2, -0.15) is 0 Å². The van der Waals surface area contributed by atoms with Crippen LogP contribution in [0.3, 0.4) is 0 Å². The molecule has 0 aromatic heterocycles. The van der Waals surface area contributed by atoms with Crippen LogP contribution in [0.1, 0.15) is 18.1 Å². The minimum Gasteiger partial charge on any atom is -0.478 e. The van der Waals surface area contributed by atoms with E-state index >= 15 is 0 Å². The molecule has 0 unspecified atom stereocenters. The summed E-state index contributed by atoms with van der Waals surface area (Å²) >= 11 is 0. The molecule has 0 bridgehead atoms. The van der Waals surface area contributed by atoms with Gasteiger partial charge in [0.2, 0.25) is 0 Å². The molecule has 0 fully saturated rings. The van der Waals surface area contributed by atoms with E-state index in [9.17, 15) is 4.79 Å². The van der Waals surface area contributed by atoms with E-state index in [0.717, 1.165) is 18.5 Å². The molecule has 0 saturated heterocycles. The van der Waals surface area contributed by atoms with Gasteiger partial charge in [-0.1, -0.05) is 35.4 Å². The molecule has 0 aliphatic heterocycles. The lowest BCUT2D eigenvalue weighted by Crippen LogP contribution is -2.19. The molecule has 0 aliphatic carbocycles. The van der Waals surface area contributed by atoms with Crippen LogP contribution in [0.15, 0.2) is 35.9 Å². The summed E-state index contributed by atoms with van der Waals surface area (Å²) in [5, 5.41) is 11.8. The van der Waals surface area contributed by atoms with Gasteiger partial charge in [-0.25, -0.2) is 4.79 Å². The van der Waals surface area contributed by atoms with Crippen LogP contribution in [0, 0.1) is 6.92 Å². The Labute approximate surface area is 102 Å². The summed E-state index contributed by atoms with van der Waals surface area (Å²) in [6.45, 7) is 5.37. The Kier molecular flexibility index (Phi) is 5.43. The molecule has 0 saturated carbocycles. The van der Waals surface area contributed by atoms with Gasteiger partial charge in [0.25, 0.3) is 0 Å². The minimum absolute atomic E-state index is 0.623. The van der Waals surface area contributed by atoms with Gasteiger partial charge >= 0.3 is 5.97 Å². The van der Waals surface area contributed by atoms with Crippen molar-refractivity contribution in [3.05, 3.63) is 47.0 Å². The van der Waals surface area contributed by atoms with E-state index in [0.29, 0.717) is 6.54 Å². The number of hydrogen-bond acceptors (Lipinski definition) is 2. The monoisotopic (exact) mass is 233 g/mol. The van der Waals surface area contributed by atoms with Gasteiger partial charge in [-0.3, -0.25) is 0 Å². The fourth-order valence-electron chi connectivity index (χ4n) is 1.65. The third-order valence-corrected chi connectivity index (χ3v) is 2.45. The Bertz CT molecular complexity index is 410. The highest BCUT2D eigenvalue weighted by Gasteiger charge is 1.96. The molecular formula is C14H19NO2. The fraction of sp³-hybridized carbons (Fsp3) is 0.357. The first-order valence-electron chi connectivity index (χ1n) is 5.74. The van der Waals surface area contributed by atoms with Crippen LogP contribution in [-0.2, 0) is 11.2 Å². The van der Waals surface area contributed by atoms with Crippen LogP contribution in [0.5, 0.6) is 0 Å². The Morgan fingerprint density at radius 1 is 1.47 bits per heavy atom. The predicted octanol–water partition coefficient (Wildman–Crippen LogP) is 2.16. The topological polar surface area (TPSA) is 49.3 Å². The van der Waals surface area contributed by atoms with Gasteiger partial charge in [0.15, 0.2) is 0 Å². The molecule has 0 atom stereocenters. The molecule has 0 aliphatic rings. The first kappa shape index (κ1) is 13.5. The van der Waals surface area contributed by atoms with Crippen LogP contribution in [0.2, 0.25) is 0 Å². The Hall–Kier alpha value is -1.61. The van der Waals surface area contributed by atoms with Crippen molar-refractivity contribution in [2.75, 3.05) is 13.1 Å². The standard InChI is InChI=1S/C14H19NO2/c1-11-4-3-5-13(8-11)6-7-15-10-12(2)9-14(16)17/h3-5,8-9,15H,6-7,10H2,1-2H3,(H,16,17)/b12-9-. The SMILES string of the molecule is C/C(=C/C(=O)O)CNCCc1cccc(C)c1. The van der Waals surface area contributed by atoms with E-state index in [1.807, 2.05) is 6.92 Å². The van der Waals surface area contributed by atoms with E-state index in [1.165, 1.54) is 17.2 Å². The molecule has 0 radical (unpaired) electrons. The van der Waals surface area contributed by atoms with E-state index in [4.69, 9.17) is 5.11 Å². The molecule has 1 aromatic carbocycles. The Balaban J connectivity index is 2.27. The first-order chi connectivity index (χ1) is 8.08. The summed E-state index contributed by atoms with van der Waals surface area (Å²) in [6, 6.07) is 8.41. The van der Waals surface area contributed by atoms with Crippen LogP contribution >= 0.6 is 0 Å². The summed E-state index contributed by atoms with van der Waals surface area (Å²) in [5.41, 5.74) is 3.41. The van der Waals surface area contributed by atoms with Crippen molar-refractivity contribution >= 4 is 5.97 Å². The first-order valence-corrected chi connectivity index (χ1v) is 5.74. The number of aliphatic carboxylic acids is 1. The molecule has 2 N–H and O–H groups in total. The highest BCUT2D eigenvalue weighted by Crippen LogP contribution is 2.03. The molecule has 1 aromatic rings. The zero-order valence-electron chi connectivity index (χ0n) is 10.4. The average Bonchev–Trinajstić information content (AvgIpc) is 2.23. The molecule has 17 heavy (non-hydrogen) atoms. The molecule has 3 nitrogen and oxygen atoms in total. The average molecular weight is 233 g/mol. The molecular weight excluding hydrogens is 214 g/mol. The van der Waals surface area contributed by atoms with Crippen molar-refractivity contribution in [2.24, 2.45) is 0 Å². The normalized spacial score (nSPS) is 11.5. The van der Waals surface area contributed by atoms with Gasteiger partial charge in [-0.05, 0) is 32.4 Å². The third kappa shape index (κ3) is 5.88. The summed E-state index contributed by atoms with van der Waals surface area (Å²) in [6.07, 6.45) is 2.20. The Morgan fingerprint density at radius 3 is 2.88 bits per heavy atom. The summed E-state index contributed by atoms with van der Waals surface area (Å²) in [5.74, 6) is -0.886. The lowest BCUT2D eigenvalue weighted by molar-refractivity contribution is -0.131. The highest BCUT2D eigenvalue weighted by atomic mass is 16.4. The van der Waals surface area contributed by atoms with Crippen molar-refractivity contribution in [1.82, 2.24) is 5.32 Å². The zero-order chi connectivity index (χ0) is 12.7. The summed E-state index contributed by atoms with van der Waals surface area (Å²) in [4.78, 5) is 10.4. The molecule has 0 spiro atoms. The summed E-state index contributed by atoms with van der Waals surface area (Å²) in [7, 11) is 0. The third-order valence-electron chi connectivity index (χ3n) is 2.45. The maximum absolute atomic E-state index is 10.4. The largest absolute Gasteiger partial charge is 0.478 e. The van der Waals surface area contributed by atoms with Crippen LogP contribution in [-0.4, -0.2) is 24.2 Å². The second kappa shape index (κ2) is 6.86. The number of carboxylic acid groups (broad SMARTS) is 1. The fourth-order valence-corrected chi connectivity index (χ4v) is 1.65. The Morgan fingerprint density at radius 2 is 2.24 bits per heavy atom. The lowest BCUT2D eigenvalue weighted by atomic mass is 10.1. The smallest absolute Gasteiger partial charge is 0.328 e. The van der Waals surface area contributed by atoms with Gasteiger partial charge in [-0.15, -0.1) is 0 Å². The van der Waals surface area contributed by atoms with Crippen molar-refractivity contribution < 1.29 is 9.90 Å². The van der Waals surface area contributed by atoms with E-state index in [-0.39, 0.29) is 0 Å². The summed E-state index contributed by atoms with van der Waals surface area (Å²) < 4.78 is 0. The van der Waals surface area contributed by atoms with E-state index < -0.39 is 5.97 Å². The van der Waals surface area contributed by atoms with Crippen molar-refractivity contribution in [1.29, 1.82) is 0 Å². The van der Waals surface area contributed by atoms with Gasteiger partial charge < -0.3 is 10.4 Å². The number of aryl methyl sites for hydroxylation is 1. The van der Waals surface area contributed by atoms with Crippen molar-refractivity contribution in [3.8, 4) is 0 Å². The molecule has 1 rings (SSSR count). The number of benzene rings is 1. The van der Waals surface area contributed by atoms with Crippen LogP contribution < -0.4 is 5.32 Å². The van der Waals surface area contributed by atoms with Gasteiger partial charge in [0, 0.05) is 12.6 Å². The lowest BCUT2D eigenvalue weighted by Gasteiger charge is -2.05. The van der Waals surface area contributed by atoms with Crippen molar-refractivity contribution in [3.63, 3.8) is 0 Å². The predicted molar refractivity (Wildman–Crippen MR) is 69.1 cm³/mol. The molecule has 0 amide bonds. The maximum Gasteiger partial charge on any atom is 0.328 e. The molecule has 3 heteroatoms. The van der Waals surface area contributed by atoms with E-state index in [1.54, 1.807) is 0 Å². The van der Waals surface area contributed by atoms with Crippen molar-refractivity contribution in [2.45, 2.75) is 20.3 Å².